The van der Waals surface area contributed by atoms with Gasteiger partial charge in [0.25, 0.3) is 0 Å². The van der Waals surface area contributed by atoms with Gasteiger partial charge in [0.1, 0.15) is 5.75 Å². The molecule has 0 fully saturated rings. The number of hydrogen-bond donors (Lipinski definition) is 1. The molecule has 19 heavy (non-hydrogen) atoms. The molecule has 0 atom stereocenters. The molecule has 2 aromatic heterocycles. The molecule has 2 rings (SSSR count). The van der Waals surface area contributed by atoms with E-state index in [-0.39, 0.29) is 0 Å². The van der Waals surface area contributed by atoms with Gasteiger partial charge < -0.3 is 10.5 Å². The van der Waals surface area contributed by atoms with Crippen LogP contribution in [0.5, 0.6) is 5.75 Å². The highest BCUT2D eigenvalue weighted by Gasteiger charge is 2.09. The van der Waals surface area contributed by atoms with Gasteiger partial charge >= 0.3 is 0 Å². The molecule has 0 aliphatic carbocycles. The van der Waals surface area contributed by atoms with Crippen molar-refractivity contribution in [2.45, 2.75) is 24.6 Å². The Kier molecular flexibility index (Phi) is 4.27. The zero-order valence-electron chi connectivity index (χ0n) is 11.3. The second kappa shape index (κ2) is 5.93. The van der Waals surface area contributed by atoms with Crippen LogP contribution >= 0.6 is 11.8 Å². The molecule has 0 aliphatic rings. The summed E-state index contributed by atoms with van der Waals surface area (Å²) in [6.45, 7) is 4.03. The van der Waals surface area contributed by atoms with Crippen molar-refractivity contribution < 1.29 is 4.74 Å². The number of anilines is 1. The Hall–Kier alpha value is -1.75. The quantitative estimate of drug-likeness (QED) is 0.869. The fourth-order valence-electron chi connectivity index (χ4n) is 1.84. The minimum atomic E-state index is 0.677. The van der Waals surface area contributed by atoms with Crippen LogP contribution in [0.15, 0.2) is 29.6 Å². The van der Waals surface area contributed by atoms with Crippen molar-refractivity contribution >= 4 is 17.4 Å². The maximum absolute atomic E-state index is 5.61. The van der Waals surface area contributed by atoms with Crippen LogP contribution in [0.25, 0.3) is 0 Å². The molecule has 2 aromatic rings. The highest BCUT2D eigenvalue weighted by Crippen LogP contribution is 2.28. The van der Waals surface area contributed by atoms with Gasteiger partial charge in [-0.2, -0.15) is 0 Å². The standard InChI is InChI=1S/C14H17N3OS/c1-9-6-16-12(10(2)14(9)18-3)8-19-13-5-4-11(15)7-17-13/h4-7H,8,15H2,1-3H3. The number of pyridine rings is 2. The third kappa shape index (κ3) is 3.17. The highest BCUT2D eigenvalue weighted by atomic mass is 32.2. The summed E-state index contributed by atoms with van der Waals surface area (Å²) in [6.07, 6.45) is 3.51. The van der Waals surface area contributed by atoms with Crippen LogP contribution in [0.4, 0.5) is 5.69 Å². The molecule has 0 bridgehead atoms. The van der Waals surface area contributed by atoms with E-state index in [1.54, 1.807) is 25.1 Å². The molecule has 4 nitrogen and oxygen atoms in total. The number of hydrogen-bond acceptors (Lipinski definition) is 5. The van der Waals surface area contributed by atoms with Crippen LogP contribution in [-0.2, 0) is 5.75 Å². The first kappa shape index (κ1) is 13.7. The summed E-state index contributed by atoms with van der Waals surface area (Å²) in [5.41, 5.74) is 9.45. The average molecular weight is 275 g/mol. The Balaban J connectivity index is 2.13. The Morgan fingerprint density at radius 1 is 1.21 bits per heavy atom. The predicted octanol–water partition coefficient (Wildman–Crippen LogP) is 2.98. The van der Waals surface area contributed by atoms with E-state index >= 15 is 0 Å². The zero-order valence-corrected chi connectivity index (χ0v) is 12.1. The van der Waals surface area contributed by atoms with Gasteiger partial charge in [-0.3, -0.25) is 4.98 Å². The molecule has 0 spiro atoms. The highest BCUT2D eigenvalue weighted by molar-refractivity contribution is 7.98. The molecule has 2 N–H and O–H groups in total. The summed E-state index contributed by atoms with van der Waals surface area (Å²) in [7, 11) is 1.69. The number of aromatic nitrogens is 2. The van der Waals surface area contributed by atoms with Crippen molar-refractivity contribution in [3.8, 4) is 5.75 Å². The fourth-order valence-corrected chi connectivity index (χ4v) is 2.70. The third-order valence-corrected chi connectivity index (χ3v) is 3.82. The Labute approximate surface area is 117 Å². The number of rotatable bonds is 4. The van der Waals surface area contributed by atoms with Gasteiger partial charge in [-0.25, -0.2) is 4.98 Å². The maximum Gasteiger partial charge on any atom is 0.128 e. The van der Waals surface area contributed by atoms with E-state index < -0.39 is 0 Å². The van der Waals surface area contributed by atoms with Crippen LogP contribution in [0, 0.1) is 13.8 Å². The molecule has 0 saturated carbocycles. The summed E-state index contributed by atoms with van der Waals surface area (Å²) in [6, 6.07) is 3.77. The zero-order chi connectivity index (χ0) is 13.8. The number of nitrogen functional groups attached to an aromatic ring is 1. The molecular formula is C14H17N3OS. The minimum Gasteiger partial charge on any atom is -0.496 e. The van der Waals surface area contributed by atoms with E-state index in [9.17, 15) is 0 Å². The number of aryl methyl sites for hydroxylation is 1. The molecular weight excluding hydrogens is 258 g/mol. The first-order chi connectivity index (χ1) is 9.11. The van der Waals surface area contributed by atoms with Gasteiger partial charge in [0.2, 0.25) is 0 Å². The largest absolute Gasteiger partial charge is 0.496 e. The van der Waals surface area contributed by atoms with Gasteiger partial charge in [-0.05, 0) is 26.0 Å². The number of thioether (sulfide) groups is 1. The maximum atomic E-state index is 5.61. The van der Waals surface area contributed by atoms with Gasteiger partial charge in [-0.1, -0.05) is 0 Å². The normalized spacial score (nSPS) is 10.5. The summed E-state index contributed by atoms with van der Waals surface area (Å²) in [5.74, 6) is 1.68. The molecule has 0 amide bonds. The average Bonchev–Trinajstić information content (AvgIpc) is 2.40. The molecule has 0 saturated heterocycles. The van der Waals surface area contributed by atoms with Gasteiger partial charge in [0.05, 0.1) is 29.7 Å². The minimum absolute atomic E-state index is 0.677. The summed E-state index contributed by atoms with van der Waals surface area (Å²) < 4.78 is 5.40. The van der Waals surface area contributed by atoms with Crippen molar-refractivity contribution in [2.75, 3.05) is 12.8 Å². The number of nitrogens with zero attached hydrogens (tertiary/aromatic N) is 2. The molecule has 0 aromatic carbocycles. The summed E-state index contributed by atoms with van der Waals surface area (Å²) >= 11 is 1.64. The Bertz CT molecular complexity index is 570. The predicted molar refractivity (Wildman–Crippen MR) is 78.5 cm³/mol. The molecule has 0 radical (unpaired) electrons. The van der Waals surface area contributed by atoms with Crippen molar-refractivity contribution in [1.29, 1.82) is 0 Å². The molecule has 0 aliphatic heterocycles. The second-order valence-electron chi connectivity index (χ2n) is 4.26. The van der Waals surface area contributed by atoms with E-state index in [0.717, 1.165) is 33.3 Å². The van der Waals surface area contributed by atoms with Crippen molar-refractivity contribution in [3.05, 3.63) is 41.3 Å². The van der Waals surface area contributed by atoms with Crippen molar-refractivity contribution in [1.82, 2.24) is 9.97 Å². The summed E-state index contributed by atoms with van der Waals surface area (Å²) in [5, 5.41) is 0.940. The van der Waals surface area contributed by atoms with Crippen molar-refractivity contribution in [3.63, 3.8) is 0 Å². The number of methoxy groups -OCH3 is 1. The van der Waals surface area contributed by atoms with E-state index in [2.05, 4.69) is 9.97 Å². The topological polar surface area (TPSA) is 61.0 Å². The fraction of sp³-hybridized carbons (Fsp3) is 0.286. The third-order valence-electron chi connectivity index (χ3n) is 2.87. The van der Waals surface area contributed by atoms with Gasteiger partial charge in [0.15, 0.2) is 0 Å². The van der Waals surface area contributed by atoms with E-state index in [1.807, 2.05) is 32.2 Å². The smallest absolute Gasteiger partial charge is 0.128 e. The molecule has 5 heteroatoms. The lowest BCUT2D eigenvalue weighted by molar-refractivity contribution is 0.407. The Morgan fingerprint density at radius 3 is 2.63 bits per heavy atom. The number of ether oxygens (including phenoxy) is 1. The van der Waals surface area contributed by atoms with Crippen LogP contribution in [-0.4, -0.2) is 17.1 Å². The van der Waals surface area contributed by atoms with Gasteiger partial charge in [0, 0.05) is 23.1 Å². The Morgan fingerprint density at radius 2 is 2.00 bits per heavy atom. The van der Waals surface area contributed by atoms with Crippen LogP contribution in [0.3, 0.4) is 0 Å². The lowest BCUT2D eigenvalue weighted by Gasteiger charge is -2.11. The molecule has 2 heterocycles. The van der Waals surface area contributed by atoms with E-state index in [1.165, 1.54) is 0 Å². The van der Waals surface area contributed by atoms with E-state index in [4.69, 9.17) is 10.5 Å². The summed E-state index contributed by atoms with van der Waals surface area (Å²) in [4.78, 5) is 8.73. The lowest BCUT2D eigenvalue weighted by atomic mass is 10.1. The molecule has 0 unspecified atom stereocenters. The SMILES string of the molecule is COc1c(C)cnc(CSc2ccc(N)cn2)c1C. The first-order valence-electron chi connectivity index (χ1n) is 5.95. The second-order valence-corrected chi connectivity index (χ2v) is 5.26. The van der Waals surface area contributed by atoms with Gasteiger partial charge in [-0.15, -0.1) is 11.8 Å². The number of nitrogens with two attached hydrogens (primary N) is 1. The first-order valence-corrected chi connectivity index (χ1v) is 6.93. The van der Waals surface area contributed by atoms with Crippen LogP contribution in [0.1, 0.15) is 16.8 Å². The molecule has 100 valence electrons. The lowest BCUT2D eigenvalue weighted by Crippen LogP contribution is -1.99. The monoisotopic (exact) mass is 275 g/mol. The van der Waals surface area contributed by atoms with E-state index in [0.29, 0.717) is 5.69 Å². The van der Waals surface area contributed by atoms with Crippen LogP contribution < -0.4 is 10.5 Å². The van der Waals surface area contributed by atoms with Crippen molar-refractivity contribution in [2.24, 2.45) is 0 Å². The van der Waals surface area contributed by atoms with Crippen LogP contribution in [0.2, 0.25) is 0 Å².